The molecule has 1 aliphatic heterocycles. The molecule has 1 amide bonds. The molecule has 0 radical (unpaired) electrons. The Bertz CT molecular complexity index is 1160. The van der Waals surface area contributed by atoms with Crippen LogP contribution in [-0.4, -0.2) is 23.3 Å². The zero-order valence-electron chi connectivity index (χ0n) is 18.0. The molecule has 0 spiro atoms. The van der Waals surface area contributed by atoms with Crippen molar-refractivity contribution in [2.45, 2.75) is 20.0 Å². The maximum absolute atomic E-state index is 12.5. The summed E-state index contributed by atoms with van der Waals surface area (Å²) in [5, 5.41) is 10.7. The number of benzene rings is 3. The third kappa shape index (κ3) is 5.35. The van der Waals surface area contributed by atoms with Crippen LogP contribution in [0.15, 0.2) is 72.8 Å². The van der Waals surface area contributed by atoms with E-state index in [1.165, 1.54) is 24.3 Å². The van der Waals surface area contributed by atoms with Gasteiger partial charge in [0.2, 0.25) is 5.91 Å². The molecule has 3 aromatic rings. The Morgan fingerprint density at radius 3 is 2.21 bits per heavy atom. The van der Waals surface area contributed by atoms with Crippen LogP contribution in [0.4, 0.5) is 11.4 Å². The van der Waals surface area contributed by atoms with E-state index >= 15 is 0 Å². The lowest BCUT2D eigenvalue weighted by Gasteiger charge is -2.16. The van der Waals surface area contributed by atoms with Gasteiger partial charge in [0.05, 0.1) is 10.8 Å². The van der Waals surface area contributed by atoms with Crippen LogP contribution in [0, 0.1) is 23.0 Å². The minimum Gasteiger partial charge on any atom is -0.461 e. The van der Waals surface area contributed by atoms with Gasteiger partial charge in [-0.1, -0.05) is 29.8 Å². The molecular weight excluding hydrogens is 424 g/mol. The molecule has 33 heavy (non-hydrogen) atoms. The lowest BCUT2D eigenvalue weighted by Crippen LogP contribution is -2.26. The van der Waals surface area contributed by atoms with Gasteiger partial charge in [0.25, 0.3) is 5.69 Å². The third-order valence-electron chi connectivity index (χ3n) is 5.39. The number of non-ortho nitro benzene ring substituents is 1. The summed E-state index contributed by atoms with van der Waals surface area (Å²) in [6.07, 6.45) is 0.134. The fraction of sp³-hybridized carbons (Fsp3) is 0.200. The minimum atomic E-state index is -0.497. The maximum atomic E-state index is 12.5. The Hall–Kier alpha value is -4.20. The number of carbonyl (C=O) groups is 2. The number of aryl methyl sites for hydroxylation is 1. The fourth-order valence-corrected chi connectivity index (χ4v) is 3.54. The molecule has 0 aliphatic carbocycles. The van der Waals surface area contributed by atoms with E-state index in [0.29, 0.717) is 18.0 Å². The van der Waals surface area contributed by atoms with Crippen LogP contribution in [0.1, 0.15) is 17.5 Å². The summed E-state index contributed by atoms with van der Waals surface area (Å²) in [5.41, 5.74) is 2.65. The number of amides is 1. The Kier molecular flexibility index (Phi) is 6.35. The number of rotatable bonds is 7. The van der Waals surface area contributed by atoms with Crippen LogP contribution >= 0.6 is 0 Å². The number of hydrogen-bond acceptors (Lipinski definition) is 6. The predicted molar refractivity (Wildman–Crippen MR) is 121 cm³/mol. The second-order valence-electron chi connectivity index (χ2n) is 7.85. The van der Waals surface area contributed by atoms with Crippen molar-refractivity contribution >= 4 is 23.3 Å². The lowest BCUT2D eigenvalue weighted by molar-refractivity contribution is -0.384. The topological polar surface area (TPSA) is 99.0 Å². The second kappa shape index (κ2) is 9.52. The summed E-state index contributed by atoms with van der Waals surface area (Å²) in [4.78, 5) is 36.7. The molecular formula is C25H22N2O6. The van der Waals surface area contributed by atoms with Crippen LogP contribution < -0.4 is 9.64 Å². The van der Waals surface area contributed by atoms with Gasteiger partial charge in [-0.15, -0.1) is 0 Å². The van der Waals surface area contributed by atoms with Gasteiger partial charge in [0.15, 0.2) is 0 Å². The zero-order valence-corrected chi connectivity index (χ0v) is 18.0. The third-order valence-corrected chi connectivity index (χ3v) is 5.39. The van der Waals surface area contributed by atoms with Crippen LogP contribution in [0.2, 0.25) is 0 Å². The van der Waals surface area contributed by atoms with Crippen molar-refractivity contribution in [3.8, 4) is 11.5 Å². The molecule has 0 aromatic heterocycles. The Morgan fingerprint density at radius 1 is 1.00 bits per heavy atom. The van der Waals surface area contributed by atoms with Crippen molar-refractivity contribution in [3.05, 3.63) is 94.0 Å². The van der Waals surface area contributed by atoms with Gasteiger partial charge in [0.1, 0.15) is 18.1 Å². The molecule has 1 aliphatic rings. The average molecular weight is 446 g/mol. The Balaban J connectivity index is 1.29. The van der Waals surface area contributed by atoms with Crippen molar-refractivity contribution in [2.24, 2.45) is 5.92 Å². The van der Waals surface area contributed by atoms with Gasteiger partial charge >= 0.3 is 5.97 Å². The number of esters is 1. The molecule has 8 nitrogen and oxygen atoms in total. The van der Waals surface area contributed by atoms with Gasteiger partial charge < -0.3 is 14.4 Å². The summed E-state index contributed by atoms with van der Waals surface area (Å²) in [7, 11) is 0. The van der Waals surface area contributed by atoms with Crippen LogP contribution in [-0.2, 0) is 20.9 Å². The van der Waals surface area contributed by atoms with Gasteiger partial charge in [-0.3, -0.25) is 19.7 Å². The highest BCUT2D eigenvalue weighted by atomic mass is 16.6. The normalized spacial score (nSPS) is 15.4. The highest BCUT2D eigenvalue weighted by Crippen LogP contribution is 2.27. The maximum Gasteiger partial charge on any atom is 0.311 e. The monoisotopic (exact) mass is 446 g/mol. The molecule has 8 heteroatoms. The second-order valence-corrected chi connectivity index (χ2v) is 7.85. The van der Waals surface area contributed by atoms with Crippen LogP contribution in [0.25, 0.3) is 0 Å². The summed E-state index contributed by atoms with van der Waals surface area (Å²) >= 11 is 0. The first kappa shape index (κ1) is 22.0. The first-order valence-electron chi connectivity index (χ1n) is 10.4. The van der Waals surface area contributed by atoms with Crippen molar-refractivity contribution < 1.29 is 24.0 Å². The van der Waals surface area contributed by atoms with E-state index < -0.39 is 16.8 Å². The molecule has 0 saturated carbocycles. The molecule has 0 bridgehead atoms. The van der Waals surface area contributed by atoms with Gasteiger partial charge in [0, 0.05) is 30.8 Å². The Labute approximate surface area is 190 Å². The molecule has 1 fully saturated rings. The summed E-state index contributed by atoms with van der Waals surface area (Å²) in [5.74, 6) is 0.0409. The highest BCUT2D eigenvalue weighted by Gasteiger charge is 2.36. The van der Waals surface area contributed by atoms with E-state index in [0.717, 1.165) is 16.8 Å². The Morgan fingerprint density at radius 2 is 1.61 bits per heavy atom. The van der Waals surface area contributed by atoms with Gasteiger partial charge in [-0.2, -0.15) is 0 Å². The van der Waals surface area contributed by atoms with E-state index in [1.807, 2.05) is 31.2 Å². The quantitative estimate of drug-likeness (QED) is 0.294. The lowest BCUT2D eigenvalue weighted by atomic mass is 10.1. The number of nitro groups is 1. The SMILES string of the molecule is Cc1ccc(N2CC(C(=O)OCc3ccc(Oc4ccc([N+](=O)[O-])cc4)cc3)CC2=O)cc1. The summed E-state index contributed by atoms with van der Waals surface area (Å²) < 4.78 is 11.1. The summed E-state index contributed by atoms with van der Waals surface area (Å²) in [6, 6.07) is 20.4. The van der Waals surface area contributed by atoms with E-state index in [1.54, 1.807) is 29.2 Å². The highest BCUT2D eigenvalue weighted by molar-refractivity contribution is 5.99. The standard InChI is InChI=1S/C25H22N2O6/c1-17-2-6-20(7-3-17)26-15-19(14-24(26)28)25(29)32-16-18-4-10-22(11-5-18)33-23-12-8-21(9-13-23)27(30)31/h2-13,19H,14-16H2,1H3. The largest absolute Gasteiger partial charge is 0.461 e. The molecule has 168 valence electrons. The average Bonchev–Trinajstić information content (AvgIpc) is 3.21. The van der Waals surface area contributed by atoms with E-state index in [2.05, 4.69) is 0 Å². The van der Waals surface area contributed by atoms with E-state index in [9.17, 15) is 19.7 Å². The number of ether oxygens (including phenoxy) is 2. The van der Waals surface area contributed by atoms with Crippen molar-refractivity contribution in [1.29, 1.82) is 0 Å². The van der Waals surface area contributed by atoms with Gasteiger partial charge in [-0.25, -0.2) is 0 Å². The smallest absolute Gasteiger partial charge is 0.311 e. The van der Waals surface area contributed by atoms with Crippen molar-refractivity contribution in [1.82, 2.24) is 0 Å². The predicted octanol–water partition coefficient (Wildman–Crippen LogP) is 4.79. The number of nitro benzene ring substituents is 1. The number of nitrogens with zero attached hydrogens (tertiary/aromatic N) is 2. The fourth-order valence-electron chi connectivity index (χ4n) is 3.54. The number of anilines is 1. The van der Waals surface area contributed by atoms with Crippen molar-refractivity contribution in [2.75, 3.05) is 11.4 Å². The van der Waals surface area contributed by atoms with Crippen molar-refractivity contribution in [3.63, 3.8) is 0 Å². The van der Waals surface area contributed by atoms with Gasteiger partial charge in [-0.05, 0) is 48.9 Å². The first-order valence-corrected chi connectivity index (χ1v) is 10.4. The minimum absolute atomic E-state index is 0.00883. The van der Waals surface area contributed by atoms with E-state index in [4.69, 9.17) is 9.47 Å². The molecule has 1 unspecified atom stereocenters. The summed E-state index contributed by atoms with van der Waals surface area (Å²) in [6.45, 7) is 2.37. The number of hydrogen-bond donors (Lipinski definition) is 0. The van der Waals surface area contributed by atoms with Crippen LogP contribution in [0.3, 0.4) is 0 Å². The molecule has 1 atom stereocenters. The molecule has 1 saturated heterocycles. The zero-order chi connectivity index (χ0) is 23.4. The molecule has 3 aromatic carbocycles. The molecule has 1 heterocycles. The number of carbonyl (C=O) groups excluding carboxylic acids is 2. The molecule has 4 rings (SSSR count). The van der Waals surface area contributed by atoms with Crippen LogP contribution in [0.5, 0.6) is 11.5 Å². The first-order chi connectivity index (χ1) is 15.9. The molecule has 0 N–H and O–H groups in total. The van der Waals surface area contributed by atoms with E-state index in [-0.39, 0.29) is 24.6 Å².